The van der Waals surface area contributed by atoms with Gasteiger partial charge in [0.1, 0.15) is 6.61 Å². The van der Waals surface area contributed by atoms with E-state index < -0.39 is 0 Å². The highest BCUT2D eigenvalue weighted by atomic mass is 16.5. The van der Waals surface area contributed by atoms with Crippen molar-refractivity contribution in [2.45, 2.75) is 59.8 Å². The van der Waals surface area contributed by atoms with E-state index in [1.54, 1.807) is 0 Å². The van der Waals surface area contributed by atoms with E-state index >= 15 is 0 Å². The summed E-state index contributed by atoms with van der Waals surface area (Å²) in [5, 5.41) is 0. The van der Waals surface area contributed by atoms with Gasteiger partial charge in [0.15, 0.2) is 0 Å². The fourth-order valence-electron chi connectivity index (χ4n) is 1.80. The van der Waals surface area contributed by atoms with Crippen LogP contribution in [0.3, 0.4) is 0 Å². The molecule has 0 spiro atoms. The van der Waals surface area contributed by atoms with E-state index in [0.29, 0.717) is 19.6 Å². The van der Waals surface area contributed by atoms with Crippen molar-refractivity contribution < 1.29 is 19.1 Å². The Kier molecular flexibility index (Phi) is 11.3. The summed E-state index contributed by atoms with van der Waals surface area (Å²) < 4.78 is 9.75. The van der Waals surface area contributed by atoms with Gasteiger partial charge in [-0.3, -0.25) is 9.59 Å². The van der Waals surface area contributed by atoms with Crippen LogP contribution < -0.4 is 0 Å². The molecule has 0 fully saturated rings. The van der Waals surface area contributed by atoms with Crippen molar-refractivity contribution in [2.75, 3.05) is 13.2 Å². The summed E-state index contributed by atoms with van der Waals surface area (Å²) in [5.74, 6) is -0.370. The normalized spacial score (nSPS) is 12.2. The van der Waals surface area contributed by atoms with E-state index in [1.807, 2.05) is 19.9 Å². The number of hydrogen-bond acceptors (Lipinski definition) is 4. The van der Waals surface area contributed by atoms with Crippen molar-refractivity contribution in [1.82, 2.24) is 0 Å². The first kappa shape index (κ1) is 19.4. The van der Waals surface area contributed by atoms with Crippen LogP contribution in [0.2, 0.25) is 0 Å². The van der Waals surface area contributed by atoms with E-state index in [1.165, 1.54) is 18.1 Å². The van der Waals surface area contributed by atoms with Crippen LogP contribution in [-0.2, 0) is 19.1 Å². The molecule has 120 valence electrons. The number of carbonyl (C=O) groups excluding carboxylic acids is 2. The Morgan fingerprint density at radius 1 is 0.905 bits per heavy atom. The Labute approximate surface area is 128 Å². The van der Waals surface area contributed by atoms with Crippen LogP contribution >= 0.6 is 0 Å². The van der Waals surface area contributed by atoms with Gasteiger partial charge in [-0.2, -0.15) is 0 Å². The van der Waals surface area contributed by atoms with Crippen molar-refractivity contribution >= 4 is 11.9 Å². The third kappa shape index (κ3) is 13.2. The van der Waals surface area contributed by atoms with E-state index in [4.69, 9.17) is 9.47 Å². The maximum atomic E-state index is 11.2. The molecule has 0 aromatic rings. The van der Waals surface area contributed by atoms with E-state index in [-0.39, 0.29) is 11.9 Å². The average Bonchev–Trinajstić information content (AvgIpc) is 2.38. The number of rotatable bonds is 10. The molecule has 0 aromatic heterocycles. The van der Waals surface area contributed by atoms with Crippen LogP contribution in [-0.4, -0.2) is 25.2 Å². The summed E-state index contributed by atoms with van der Waals surface area (Å²) in [6.45, 7) is 8.15. The zero-order valence-corrected chi connectivity index (χ0v) is 13.7. The minimum Gasteiger partial charge on any atom is -0.466 e. The van der Waals surface area contributed by atoms with Gasteiger partial charge in [-0.15, -0.1) is 0 Å². The lowest BCUT2D eigenvalue weighted by molar-refractivity contribution is -0.143. The van der Waals surface area contributed by atoms with E-state index in [9.17, 15) is 9.59 Å². The van der Waals surface area contributed by atoms with Crippen molar-refractivity contribution in [2.24, 2.45) is 0 Å². The number of hydrogen-bond donors (Lipinski definition) is 0. The lowest BCUT2D eigenvalue weighted by Gasteiger charge is -2.03. The van der Waals surface area contributed by atoms with Crippen molar-refractivity contribution in [1.29, 1.82) is 0 Å². The smallest absolute Gasteiger partial charge is 0.305 e. The van der Waals surface area contributed by atoms with Crippen LogP contribution in [0.4, 0.5) is 0 Å². The van der Waals surface area contributed by atoms with Gasteiger partial charge in [-0.25, -0.2) is 0 Å². The molecule has 0 amide bonds. The molecule has 0 N–H and O–H groups in total. The molecule has 21 heavy (non-hydrogen) atoms. The molecule has 0 saturated heterocycles. The maximum Gasteiger partial charge on any atom is 0.305 e. The predicted molar refractivity (Wildman–Crippen MR) is 83.9 cm³/mol. The second-order valence-corrected chi connectivity index (χ2v) is 5.10. The molecule has 0 bridgehead atoms. The lowest BCUT2D eigenvalue weighted by Crippen LogP contribution is -2.03. The Balaban J connectivity index is 3.81. The Morgan fingerprint density at radius 3 is 2.19 bits per heavy atom. The highest BCUT2D eigenvalue weighted by molar-refractivity contribution is 5.69. The van der Waals surface area contributed by atoms with Gasteiger partial charge in [-0.1, -0.05) is 17.2 Å². The van der Waals surface area contributed by atoms with Crippen molar-refractivity contribution in [3.63, 3.8) is 0 Å². The molecule has 0 saturated carbocycles. The molecule has 0 aliphatic carbocycles. The van der Waals surface area contributed by atoms with Gasteiger partial charge >= 0.3 is 11.9 Å². The minimum atomic E-state index is -0.253. The maximum absolute atomic E-state index is 11.2. The van der Waals surface area contributed by atoms with Crippen LogP contribution in [0.5, 0.6) is 0 Å². The largest absolute Gasteiger partial charge is 0.466 e. The second kappa shape index (κ2) is 12.2. The summed E-state index contributed by atoms with van der Waals surface area (Å²) in [5.41, 5.74) is 2.51. The zero-order chi connectivity index (χ0) is 16.1. The molecule has 0 heterocycles. The van der Waals surface area contributed by atoms with Gasteiger partial charge in [0.2, 0.25) is 0 Å². The average molecular weight is 296 g/mol. The molecule has 0 aliphatic rings. The quantitative estimate of drug-likeness (QED) is 0.452. The molecule has 0 aliphatic heterocycles. The van der Waals surface area contributed by atoms with Gasteiger partial charge in [-0.05, 0) is 52.5 Å². The van der Waals surface area contributed by atoms with Crippen molar-refractivity contribution in [3.05, 3.63) is 23.3 Å². The molecule has 0 atom stereocenters. The Hall–Kier alpha value is -1.58. The molecule has 4 heteroatoms. The summed E-state index contributed by atoms with van der Waals surface area (Å²) >= 11 is 0. The van der Waals surface area contributed by atoms with Gasteiger partial charge in [0.25, 0.3) is 0 Å². The molecule has 0 rings (SSSR count). The van der Waals surface area contributed by atoms with Gasteiger partial charge in [0.05, 0.1) is 6.61 Å². The number of allylic oxidation sites excluding steroid dienone is 3. The molecule has 0 aromatic carbocycles. The monoisotopic (exact) mass is 296 g/mol. The molecule has 0 unspecified atom stereocenters. The highest BCUT2D eigenvalue weighted by Gasteiger charge is 2.01. The highest BCUT2D eigenvalue weighted by Crippen LogP contribution is 2.11. The third-order valence-electron chi connectivity index (χ3n) is 3.01. The minimum absolute atomic E-state index is 0.116. The van der Waals surface area contributed by atoms with Gasteiger partial charge in [0, 0.05) is 13.3 Å². The number of carbonyl (C=O) groups is 2. The van der Waals surface area contributed by atoms with Crippen LogP contribution in [0.15, 0.2) is 23.3 Å². The molecular weight excluding hydrogens is 268 g/mol. The third-order valence-corrected chi connectivity index (χ3v) is 3.01. The van der Waals surface area contributed by atoms with Crippen LogP contribution in [0.25, 0.3) is 0 Å². The topological polar surface area (TPSA) is 52.6 Å². The standard InChI is InChI=1S/C17H28O4/c1-5-20-17(19)11-7-10-14(2)8-6-9-15(3)12-13-21-16(4)18/h8,12H,5-7,9-11,13H2,1-4H3/b14-8+,15-12+. The first-order valence-corrected chi connectivity index (χ1v) is 7.56. The Morgan fingerprint density at radius 2 is 1.57 bits per heavy atom. The summed E-state index contributed by atoms with van der Waals surface area (Å²) in [7, 11) is 0. The van der Waals surface area contributed by atoms with E-state index in [2.05, 4.69) is 13.0 Å². The number of esters is 2. The molecular formula is C17H28O4. The Bertz CT molecular complexity index is 380. The first-order valence-electron chi connectivity index (χ1n) is 7.56. The summed E-state index contributed by atoms with van der Waals surface area (Å²) in [6, 6.07) is 0. The van der Waals surface area contributed by atoms with Gasteiger partial charge < -0.3 is 9.47 Å². The molecule has 0 radical (unpaired) electrons. The van der Waals surface area contributed by atoms with Crippen LogP contribution in [0.1, 0.15) is 59.8 Å². The lowest BCUT2D eigenvalue weighted by atomic mass is 10.1. The predicted octanol–water partition coefficient (Wildman–Crippen LogP) is 3.96. The second-order valence-electron chi connectivity index (χ2n) is 5.10. The fraction of sp³-hybridized carbons (Fsp3) is 0.647. The van der Waals surface area contributed by atoms with Crippen LogP contribution in [0, 0.1) is 0 Å². The SMILES string of the molecule is CCOC(=O)CCC/C(C)=C/CC/C(C)=C/COC(C)=O. The van der Waals surface area contributed by atoms with E-state index in [0.717, 1.165) is 25.7 Å². The van der Waals surface area contributed by atoms with Crippen molar-refractivity contribution in [3.8, 4) is 0 Å². The molecule has 4 nitrogen and oxygen atoms in total. The fourth-order valence-corrected chi connectivity index (χ4v) is 1.80. The number of ether oxygens (including phenoxy) is 2. The summed E-state index contributed by atoms with van der Waals surface area (Å²) in [4.78, 5) is 21.8. The zero-order valence-electron chi connectivity index (χ0n) is 13.7. The first-order chi connectivity index (χ1) is 9.95. The summed E-state index contributed by atoms with van der Waals surface area (Å²) in [6.07, 6.45) is 8.31.